The van der Waals surface area contributed by atoms with Crippen molar-refractivity contribution in [1.82, 2.24) is 19.3 Å². The summed E-state index contributed by atoms with van der Waals surface area (Å²) in [6, 6.07) is 18.7. The van der Waals surface area contributed by atoms with Crippen molar-refractivity contribution >= 4 is 23.4 Å². The van der Waals surface area contributed by atoms with Crippen LogP contribution in [0.3, 0.4) is 0 Å². The Bertz CT molecular complexity index is 1250. The van der Waals surface area contributed by atoms with Crippen LogP contribution in [0.1, 0.15) is 33.8 Å². The summed E-state index contributed by atoms with van der Waals surface area (Å²) in [5.74, 6) is 1.15. The number of carbonyl (C=O) groups is 1. The largest absolute Gasteiger partial charge is 0.354 e. The molecule has 0 saturated heterocycles. The van der Waals surface area contributed by atoms with Gasteiger partial charge in [0.2, 0.25) is 5.91 Å². The van der Waals surface area contributed by atoms with Crippen molar-refractivity contribution in [2.75, 3.05) is 11.1 Å². The second-order valence-electron chi connectivity index (χ2n) is 8.68. The van der Waals surface area contributed by atoms with Gasteiger partial charge in [-0.15, -0.1) is 10.2 Å². The second-order valence-corrected chi connectivity index (χ2v) is 9.63. The molecule has 2 heterocycles. The van der Waals surface area contributed by atoms with E-state index >= 15 is 0 Å². The van der Waals surface area contributed by atoms with Gasteiger partial charge in [0.15, 0.2) is 5.16 Å². The minimum Gasteiger partial charge on any atom is -0.354 e. The van der Waals surface area contributed by atoms with Crippen LogP contribution in [0, 0.1) is 20.8 Å². The maximum absolute atomic E-state index is 12.8. The number of amides is 1. The van der Waals surface area contributed by atoms with Gasteiger partial charge in [-0.25, -0.2) is 0 Å². The number of rotatable bonds is 9. The van der Waals surface area contributed by atoms with Gasteiger partial charge in [0.25, 0.3) is 0 Å². The van der Waals surface area contributed by atoms with Gasteiger partial charge in [0.05, 0.1) is 5.75 Å². The Hall–Kier alpha value is -3.32. The molecule has 6 nitrogen and oxygen atoms in total. The average molecular weight is 474 g/mol. The monoisotopic (exact) mass is 473 g/mol. The SMILES string of the molecule is Cc1cc(C)c(NC(=O)CSc2nnc(Cc3cccn3C)n2CCc2ccccc2)c(C)c1. The third-order valence-corrected chi connectivity index (χ3v) is 6.89. The van der Waals surface area contributed by atoms with E-state index in [1.54, 1.807) is 0 Å². The Morgan fingerprint density at radius 1 is 1.00 bits per heavy atom. The van der Waals surface area contributed by atoms with Crippen molar-refractivity contribution in [3.8, 4) is 0 Å². The highest BCUT2D eigenvalue weighted by atomic mass is 32.2. The molecule has 1 amide bonds. The number of aryl methyl sites for hydroxylation is 5. The van der Waals surface area contributed by atoms with E-state index in [1.165, 1.54) is 28.6 Å². The van der Waals surface area contributed by atoms with Crippen LogP contribution in [0.2, 0.25) is 0 Å². The summed E-state index contributed by atoms with van der Waals surface area (Å²) < 4.78 is 4.25. The van der Waals surface area contributed by atoms with E-state index in [9.17, 15) is 4.79 Å². The van der Waals surface area contributed by atoms with Crippen molar-refractivity contribution in [3.05, 3.63) is 94.6 Å². The number of thioether (sulfide) groups is 1. The van der Waals surface area contributed by atoms with E-state index in [0.29, 0.717) is 6.42 Å². The molecular formula is C27H31N5OS. The smallest absolute Gasteiger partial charge is 0.234 e. The highest BCUT2D eigenvalue weighted by Gasteiger charge is 2.16. The van der Waals surface area contributed by atoms with Crippen molar-refractivity contribution in [2.24, 2.45) is 7.05 Å². The maximum atomic E-state index is 12.8. The lowest BCUT2D eigenvalue weighted by atomic mass is 10.1. The second kappa shape index (κ2) is 10.7. The van der Waals surface area contributed by atoms with Gasteiger partial charge in [-0.2, -0.15) is 0 Å². The van der Waals surface area contributed by atoms with E-state index in [0.717, 1.165) is 40.8 Å². The topological polar surface area (TPSA) is 64.7 Å². The molecule has 0 atom stereocenters. The van der Waals surface area contributed by atoms with Crippen LogP contribution in [0.4, 0.5) is 5.69 Å². The summed E-state index contributed by atoms with van der Waals surface area (Å²) >= 11 is 1.43. The third kappa shape index (κ3) is 5.78. The molecule has 2 aromatic heterocycles. The van der Waals surface area contributed by atoms with Crippen molar-refractivity contribution in [1.29, 1.82) is 0 Å². The zero-order valence-electron chi connectivity index (χ0n) is 20.2. The lowest BCUT2D eigenvalue weighted by molar-refractivity contribution is -0.113. The lowest BCUT2D eigenvalue weighted by Crippen LogP contribution is -2.17. The predicted molar refractivity (Wildman–Crippen MR) is 138 cm³/mol. The Balaban J connectivity index is 1.49. The molecular weight excluding hydrogens is 442 g/mol. The molecule has 7 heteroatoms. The van der Waals surface area contributed by atoms with Crippen LogP contribution in [-0.2, 0) is 31.2 Å². The van der Waals surface area contributed by atoms with Crippen LogP contribution in [0.5, 0.6) is 0 Å². The Morgan fingerprint density at radius 3 is 2.41 bits per heavy atom. The zero-order chi connectivity index (χ0) is 24.1. The van der Waals surface area contributed by atoms with Crippen LogP contribution in [-0.4, -0.2) is 31.0 Å². The molecule has 4 rings (SSSR count). The third-order valence-electron chi connectivity index (χ3n) is 5.92. The van der Waals surface area contributed by atoms with Crippen LogP contribution in [0.15, 0.2) is 66.0 Å². The molecule has 0 unspecified atom stereocenters. The molecule has 1 N–H and O–H groups in total. The molecule has 0 aliphatic carbocycles. The molecule has 0 bridgehead atoms. The maximum Gasteiger partial charge on any atom is 0.234 e. The molecule has 0 aliphatic rings. The normalized spacial score (nSPS) is 11.1. The summed E-state index contributed by atoms with van der Waals surface area (Å²) in [7, 11) is 2.04. The van der Waals surface area contributed by atoms with Crippen LogP contribution in [0.25, 0.3) is 0 Å². The summed E-state index contributed by atoms with van der Waals surface area (Å²) in [5, 5.41) is 12.8. The quantitative estimate of drug-likeness (QED) is 0.343. The first kappa shape index (κ1) is 23.8. The van der Waals surface area contributed by atoms with E-state index in [4.69, 9.17) is 0 Å². The molecule has 0 saturated carbocycles. The first-order chi connectivity index (χ1) is 16.4. The Kier molecular flexibility index (Phi) is 7.53. The number of carbonyl (C=O) groups excluding carboxylic acids is 1. The van der Waals surface area contributed by atoms with Crippen LogP contribution >= 0.6 is 11.8 Å². The van der Waals surface area contributed by atoms with E-state index < -0.39 is 0 Å². The molecule has 0 aliphatic heterocycles. The van der Waals surface area contributed by atoms with Gasteiger partial charge in [0.1, 0.15) is 5.82 Å². The number of aromatic nitrogens is 4. The number of hydrogen-bond donors (Lipinski definition) is 1. The Morgan fingerprint density at radius 2 is 1.74 bits per heavy atom. The average Bonchev–Trinajstić information content (AvgIpc) is 3.39. The van der Waals surface area contributed by atoms with Crippen molar-refractivity contribution in [2.45, 2.75) is 45.3 Å². The standard InChI is InChI=1S/C27H31N5OS/c1-19-15-20(2)26(21(3)16-19)28-25(33)18-34-27-30-29-24(17-23-11-8-13-31(23)4)32(27)14-12-22-9-6-5-7-10-22/h5-11,13,15-16H,12,14,17-18H2,1-4H3,(H,28,33). The number of benzene rings is 2. The van der Waals surface area contributed by atoms with E-state index in [1.807, 2.05) is 39.2 Å². The van der Waals surface area contributed by atoms with Crippen LogP contribution < -0.4 is 5.32 Å². The summed E-state index contributed by atoms with van der Waals surface area (Å²) in [4.78, 5) is 12.8. The highest BCUT2D eigenvalue weighted by molar-refractivity contribution is 7.99. The van der Waals surface area contributed by atoms with E-state index in [-0.39, 0.29) is 11.7 Å². The molecule has 0 radical (unpaired) electrons. The first-order valence-corrected chi connectivity index (χ1v) is 12.5. The van der Waals surface area contributed by atoms with Crippen molar-refractivity contribution in [3.63, 3.8) is 0 Å². The first-order valence-electron chi connectivity index (χ1n) is 11.5. The Labute approximate surface area is 205 Å². The van der Waals surface area contributed by atoms with Gasteiger partial charge in [0, 0.05) is 37.6 Å². The lowest BCUT2D eigenvalue weighted by Gasteiger charge is -2.13. The number of nitrogens with one attached hydrogen (secondary N) is 1. The van der Waals surface area contributed by atoms with Gasteiger partial charge >= 0.3 is 0 Å². The molecule has 0 spiro atoms. The molecule has 0 fully saturated rings. The molecule has 2 aromatic carbocycles. The highest BCUT2D eigenvalue weighted by Crippen LogP contribution is 2.24. The van der Waals surface area contributed by atoms with Gasteiger partial charge in [-0.3, -0.25) is 4.79 Å². The van der Waals surface area contributed by atoms with Gasteiger partial charge in [-0.05, 0) is 56.0 Å². The fraction of sp³-hybridized carbons (Fsp3) is 0.296. The molecule has 34 heavy (non-hydrogen) atoms. The van der Waals surface area contributed by atoms with Gasteiger partial charge in [-0.1, -0.05) is 59.8 Å². The fourth-order valence-corrected chi connectivity index (χ4v) is 4.98. The summed E-state index contributed by atoms with van der Waals surface area (Å²) in [6.45, 7) is 6.88. The minimum absolute atomic E-state index is 0.0401. The predicted octanol–water partition coefficient (Wildman–Crippen LogP) is 5.11. The summed E-state index contributed by atoms with van der Waals surface area (Å²) in [6.07, 6.45) is 3.61. The fourth-order valence-electron chi connectivity index (χ4n) is 4.19. The minimum atomic E-state index is -0.0401. The van der Waals surface area contributed by atoms with E-state index in [2.05, 4.69) is 74.0 Å². The number of hydrogen-bond acceptors (Lipinski definition) is 4. The zero-order valence-corrected chi connectivity index (χ0v) is 21.0. The van der Waals surface area contributed by atoms with Crippen molar-refractivity contribution < 1.29 is 4.79 Å². The molecule has 4 aromatic rings. The number of nitrogens with zero attached hydrogens (tertiary/aromatic N) is 4. The van der Waals surface area contributed by atoms with Gasteiger partial charge < -0.3 is 14.5 Å². The molecule has 176 valence electrons. The summed E-state index contributed by atoms with van der Waals surface area (Å²) in [5.41, 5.74) is 6.68. The number of anilines is 1.